The van der Waals surface area contributed by atoms with Crippen molar-refractivity contribution in [2.24, 2.45) is 17.8 Å². The van der Waals surface area contributed by atoms with E-state index < -0.39 is 146 Å². The summed E-state index contributed by atoms with van der Waals surface area (Å²) in [6.07, 6.45) is -4.61. The highest BCUT2D eigenvalue weighted by Crippen LogP contribution is 2.43. The number of nitrogens with zero attached hydrogens (tertiary/aromatic N) is 1. The lowest BCUT2D eigenvalue weighted by atomic mass is 9.80. The number of anilines is 1. The minimum absolute atomic E-state index is 0.0347. The van der Waals surface area contributed by atoms with Crippen LogP contribution < -0.4 is 11.1 Å². The molecule has 8 N–H and O–H groups in total. The molecule has 3 fully saturated rings. The standard InChI is InChI=1S/C52H81N3O17S/c1-14-18-54-49(62)33-21-37(73-48(33)53)32-20-26(4)34(56)17-16-25(3)19-31(24-66-51-46(65-13)45(64-12)41(59)28(6)68-51)36(15-2)70-38(58)22-35(57)27(5)43(32)72-50-42(60)40(55(10)11)44(29(7)69-50)71-39-23-52(9,63)47(61)30(8)67-39/h1,16-17,19,21,26-32,35-36,39-47,50-51,57,59-61,63H,15,18,20,22-24,53H2,2-13H3,(H,54,62)/b17-16+,25-19+/t26-,27+,28-,29-,30+,31-,32-,35-,36-,39+,40-,41-,42-,43-,44-,45-,46-,47+,50+,51-,52-/m1/s1. The first kappa shape index (κ1) is 60.5. The first-order valence-electron chi connectivity index (χ1n) is 25.1. The van der Waals surface area contributed by atoms with Crippen molar-refractivity contribution in [2.75, 3.05) is 47.2 Å². The number of nitrogens with two attached hydrogens (primary N) is 1. The van der Waals surface area contributed by atoms with Crippen molar-refractivity contribution in [3.8, 4) is 12.3 Å². The number of rotatable bonds is 14. The lowest BCUT2D eigenvalue weighted by Crippen LogP contribution is -2.65. The van der Waals surface area contributed by atoms with Gasteiger partial charge in [-0.15, -0.1) is 17.8 Å². The van der Waals surface area contributed by atoms with E-state index in [0.717, 1.165) is 11.3 Å². The highest BCUT2D eigenvalue weighted by atomic mass is 32.1. The van der Waals surface area contributed by atoms with E-state index in [4.69, 9.17) is 54.8 Å². The number of nitrogens with one attached hydrogen (secondary N) is 1. The zero-order valence-corrected chi connectivity index (χ0v) is 45.1. The monoisotopic (exact) mass is 1050 g/mol. The van der Waals surface area contributed by atoms with Crippen LogP contribution in [0.1, 0.15) is 102 Å². The maximum absolute atomic E-state index is 14.2. The molecule has 0 aliphatic carbocycles. The third-order valence-electron chi connectivity index (χ3n) is 14.6. The van der Waals surface area contributed by atoms with E-state index in [0.29, 0.717) is 16.9 Å². The Morgan fingerprint density at radius 3 is 2.23 bits per heavy atom. The van der Waals surface area contributed by atoms with Crippen LogP contribution in [0.4, 0.5) is 5.00 Å². The quantitative estimate of drug-likeness (QED) is 0.104. The topological polar surface area (TPSA) is 277 Å². The summed E-state index contributed by atoms with van der Waals surface area (Å²) < 4.78 is 55.5. The number of hydrogen-bond acceptors (Lipinski definition) is 20. The first-order valence-corrected chi connectivity index (χ1v) is 25.9. The number of allylic oxidation sites excluding steroid dienone is 3. The average Bonchev–Trinajstić information content (AvgIpc) is 3.72. The minimum atomic E-state index is -1.52. The van der Waals surface area contributed by atoms with E-state index in [1.54, 1.807) is 72.7 Å². The zero-order chi connectivity index (χ0) is 54.2. The minimum Gasteiger partial charge on any atom is -0.462 e. The van der Waals surface area contributed by atoms with Crippen LogP contribution in [0.5, 0.6) is 0 Å². The second-order valence-corrected chi connectivity index (χ2v) is 21.6. The summed E-state index contributed by atoms with van der Waals surface area (Å²) in [6, 6.07) is 0.793. The Morgan fingerprint density at radius 1 is 0.945 bits per heavy atom. The molecule has 5 heterocycles. The average molecular weight is 1050 g/mol. The molecule has 1 amide bonds. The number of aliphatic hydroxyl groups excluding tert-OH is 4. The normalized spacial score (nSPS) is 41.6. The number of methoxy groups -OCH3 is 2. The molecule has 0 radical (unpaired) electrons. The predicted octanol–water partition coefficient (Wildman–Crippen LogP) is 2.42. The SMILES string of the molecule is C#CCNC(=O)c1cc([C@H]2C[C@@H](C)C(=O)/C=C/C(C)=C/[C@H](CO[C@@H]3O[C@H](C)[C@@H](O)[C@@H](OC)[C@H]3OC)[C@@H](CC)OC(=O)C[C@@H](O)[C@H](C)[C@H]2O[C@@H]2O[C@H](C)[C@@H](O[C@H]3C[C@@](C)(O)[C@@H](O)[C@H](C)O3)[C@H](N(C)C)[C@H]2O)sc1N. The molecule has 0 unspecified atom stereocenters. The molecule has 73 heavy (non-hydrogen) atoms. The highest BCUT2D eigenvalue weighted by molar-refractivity contribution is 7.16. The fraction of sp³-hybridized carbons (Fsp3) is 0.750. The number of thiophene rings is 1. The van der Waals surface area contributed by atoms with E-state index in [-0.39, 0.29) is 42.3 Å². The molecule has 0 spiro atoms. The van der Waals surface area contributed by atoms with Gasteiger partial charge in [0.25, 0.3) is 5.91 Å². The number of ketones is 1. The van der Waals surface area contributed by atoms with Crippen LogP contribution >= 0.6 is 11.3 Å². The molecule has 1 aromatic heterocycles. The van der Waals surface area contributed by atoms with Gasteiger partial charge in [0.05, 0.1) is 72.3 Å². The molecule has 20 nitrogen and oxygen atoms in total. The Morgan fingerprint density at radius 2 is 1.62 bits per heavy atom. The van der Waals surface area contributed by atoms with Crippen molar-refractivity contribution in [3.05, 3.63) is 40.3 Å². The summed E-state index contributed by atoms with van der Waals surface area (Å²) in [7, 11) is 6.41. The van der Waals surface area contributed by atoms with Gasteiger partial charge in [0.15, 0.2) is 24.7 Å². The van der Waals surface area contributed by atoms with E-state index >= 15 is 0 Å². The van der Waals surface area contributed by atoms with Crippen LogP contribution in [0.15, 0.2) is 29.9 Å². The third kappa shape index (κ3) is 14.8. The summed E-state index contributed by atoms with van der Waals surface area (Å²) >= 11 is 1.10. The lowest BCUT2D eigenvalue weighted by molar-refractivity contribution is -0.340. The van der Waals surface area contributed by atoms with Crippen molar-refractivity contribution < 1.29 is 82.5 Å². The van der Waals surface area contributed by atoms with Crippen molar-refractivity contribution in [2.45, 2.75) is 191 Å². The van der Waals surface area contributed by atoms with Crippen LogP contribution in [0.2, 0.25) is 0 Å². The number of carbonyl (C=O) groups is 3. The number of ether oxygens (including phenoxy) is 9. The van der Waals surface area contributed by atoms with Gasteiger partial charge < -0.3 is 84.1 Å². The molecular formula is C52H81N3O17S. The van der Waals surface area contributed by atoms with Gasteiger partial charge in [-0.1, -0.05) is 44.4 Å². The van der Waals surface area contributed by atoms with Crippen LogP contribution in [-0.2, 0) is 52.2 Å². The van der Waals surface area contributed by atoms with E-state index in [1.807, 2.05) is 13.0 Å². The molecule has 0 aromatic carbocycles. The lowest BCUT2D eigenvalue weighted by Gasteiger charge is -2.50. The number of likely N-dealkylation sites (N-methyl/N-ethyl adjacent to an activating group) is 1. The molecule has 5 rings (SSSR count). The second kappa shape index (κ2) is 26.6. The molecule has 0 saturated carbocycles. The molecule has 4 aliphatic rings. The van der Waals surface area contributed by atoms with Crippen molar-refractivity contribution in [3.63, 3.8) is 0 Å². The number of aliphatic hydroxyl groups is 5. The largest absolute Gasteiger partial charge is 0.462 e. The zero-order valence-electron chi connectivity index (χ0n) is 44.2. The van der Waals surface area contributed by atoms with Crippen molar-refractivity contribution >= 4 is 34.0 Å². The van der Waals surface area contributed by atoms with Gasteiger partial charge >= 0.3 is 5.97 Å². The van der Waals surface area contributed by atoms with Crippen molar-refractivity contribution in [1.29, 1.82) is 0 Å². The number of terminal acetylenes is 1. The number of nitrogen functional groups attached to an aromatic ring is 1. The Hall–Kier alpha value is -3.41. The maximum atomic E-state index is 14.2. The summed E-state index contributed by atoms with van der Waals surface area (Å²) in [6.45, 7) is 13.5. The molecular weight excluding hydrogens is 971 g/mol. The Kier molecular flexibility index (Phi) is 22.0. The van der Waals surface area contributed by atoms with Gasteiger partial charge in [-0.3, -0.25) is 14.4 Å². The van der Waals surface area contributed by atoms with Gasteiger partial charge in [-0.25, -0.2) is 0 Å². The smallest absolute Gasteiger partial charge is 0.308 e. The molecule has 1 aromatic rings. The van der Waals surface area contributed by atoms with Crippen LogP contribution in [0.3, 0.4) is 0 Å². The van der Waals surface area contributed by atoms with Gasteiger partial charge in [0.1, 0.15) is 42.7 Å². The number of cyclic esters (lactones) is 1. The van der Waals surface area contributed by atoms with Gasteiger partial charge in [0.2, 0.25) is 0 Å². The number of hydrogen-bond donors (Lipinski definition) is 7. The summed E-state index contributed by atoms with van der Waals surface area (Å²) in [4.78, 5) is 44.0. The molecule has 21 atom stereocenters. The first-order chi connectivity index (χ1) is 34.4. The predicted molar refractivity (Wildman–Crippen MR) is 269 cm³/mol. The fourth-order valence-corrected chi connectivity index (χ4v) is 11.4. The summed E-state index contributed by atoms with van der Waals surface area (Å²) in [5.41, 5.74) is 5.79. The Bertz CT molecular complexity index is 2100. The number of amides is 1. The van der Waals surface area contributed by atoms with E-state index in [9.17, 15) is 39.9 Å². The Balaban J connectivity index is 1.53. The van der Waals surface area contributed by atoms with Crippen LogP contribution in [0.25, 0.3) is 0 Å². The maximum Gasteiger partial charge on any atom is 0.308 e. The molecule has 0 bridgehead atoms. The molecule has 21 heteroatoms. The van der Waals surface area contributed by atoms with Gasteiger partial charge in [-0.2, -0.15) is 0 Å². The van der Waals surface area contributed by atoms with Crippen LogP contribution in [-0.4, -0.2) is 193 Å². The van der Waals surface area contributed by atoms with E-state index in [1.165, 1.54) is 27.2 Å². The number of esters is 1. The molecule has 412 valence electrons. The fourth-order valence-electron chi connectivity index (χ4n) is 10.3. The molecule has 4 aliphatic heterocycles. The molecule has 3 saturated heterocycles. The van der Waals surface area contributed by atoms with Crippen molar-refractivity contribution in [1.82, 2.24) is 10.2 Å². The number of carbonyl (C=O) groups excluding carboxylic acids is 3. The van der Waals surface area contributed by atoms with Crippen LogP contribution in [0, 0.1) is 30.1 Å². The highest BCUT2D eigenvalue weighted by Gasteiger charge is 2.52. The van der Waals surface area contributed by atoms with Gasteiger partial charge in [-0.05, 0) is 73.7 Å². The summed E-state index contributed by atoms with van der Waals surface area (Å²) in [5, 5.41) is 59.6. The second-order valence-electron chi connectivity index (χ2n) is 20.5. The van der Waals surface area contributed by atoms with E-state index in [2.05, 4.69) is 11.2 Å². The third-order valence-corrected chi connectivity index (χ3v) is 15.7. The Labute approximate surface area is 433 Å². The van der Waals surface area contributed by atoms with Gasteiger partial charge in [0, 0.05) is 49.2 Å². The summed E-state index contributed by atoms with van der Waals surface area (Å²) in [5.74, 6) is -2.18.